The third kappa shape index (κ3) is 4.87. The van der Waals surface area contributed by atoms with E-state index in [0.717, 1.165) is 82.7 Å². The van der Waals surface area contributed by atoms with Crippen molar-refractivity contribution in [2.45, 2.75) is 0 Å². The summed E-state index contributed by atoms with van der Waals surface area (Å²) in [5.74, 6) is -1.28. The van der Waals surface area contributed by atoms with Gasteiger partial charge >= 0.3 is 0 Å². The lowest BCUT2D eigenvalue weighted by atomic mass is 9.88. The Morgan fingerprint density at radius 3 is 1.48 bits per heavy atom. The van der Waals surface area contributed by atoms with Crippen LogP contribution in [-0.2, 0) is 0 Å². The van der Waals surface area contributed by atoms with E-state index in [4.69, 9.17) is 4.98 Å². The van der Waals surface area contributed by atoms with Gasteiger partial charge in [0.05, 0.1) is 22.8 Å². The predicted molar refractivity (Wildman–Crippen MR) is 201 cm³/mol. The molecule has 0 radical (unpaired) electrons. The highest BCUT2D eigenvalue weighted by Gasteiger charge is 2.18. The molecule has 2 nitrogen and oxygen atoms in total. The average molecular weight is 645 g/mol. The normalized spacial score (nSPS) is 11.4. The Labute approximate surface area is 287 Å². The van der Waals surface area contributed by atoms with E-state index in [1.165, 1.54) is 12.1 Å². The van der Waals surface area contributed by atoms with E-state index >= 15 is 0 Å². The van der Waals surface area contributed by atoms with Crippen LogP contribution < -0.4 is 0 Å². The van der Waals surface area contributed by atoms with Crippen molar-refractivity contribution in [3.8, 4) is 50.7 Å². The van der Waals surface area contributed by atoms with Crippen LogP contribution in [0.5, 0.6) is 0 Å². The highest BCUT2D eigenvalue weighted by atomic mass is 19.1. The third-order valence-electron chi connectivity index (χ3n) is 9.60. The molecule has 0 fully saturated rings. The van der Waals surface area contributed by atoms with Crippen LogP contribution in [-0.4, -0.2) is 4.98 Å². The van der Waals surface area contributed by atoms with Crippen LogP contribution >= 0.6 is 0 Å². The Morgan fingerprint density at radius 1 is 0.420 bits per heavy atom. The first-order valence-corrected chi connectivity index (χ1v) is 16.4. The fraction of sp³-hybridized carbons (Fsp3) is 0. The Morgan fingerprint density at radius 2 is 0.900 bits per heavy atom. The third-order valence-corrected chi connectivity index (χ3v) is 9.60. The summed E-state index contributed by atoms with van der Waals surface area (Å²) in [6.45, 7) is 0. The van der Waals surface area contributed by atoms with E-state index in [0.29, 0.717) is 16.8 Å². The van der Waals surface area contributed by atoms with E-state index in [-0.39, 0.29) is 0 Å². The second-order valence-corrected chi connectivity index (χ2v) is 12.5. The van der Waals surface area contributed by atoms with Crippen LogP contribution in [0.4, 0.5) is 8.78 Å². The Kier molecular flexibility index (Phi) is 6.93. The summed E-state index contributed by atoms with van der Waals surface area (Å²) in [5, 5.41) is 16.5. The first-order valence-electron chi connectivity index (χ1n) is 16.4. The summed E-state index contributed by atoms with van der Waals surface area (Å²) in [4.78, 5) is 4.97. The van der Waals surface area contributed by atoms with Crippen molar-refractivity contribution < 1.29 is 8.78 Å². The summed E-state index contributed by atoms with van der Waals surface area (Å²) in [7, 11) is 0. The van der Waals surface area contributed by atoms with E-state index in [2.05, 4.69) is 91.0 Å². The molecule has 8 aromatic carbocycles. The molecule has 0 unspecified atom stereocenters. The van der Waals surface area contributed by atoms with Crippen molar-refractivity contribution >= 4 is 43.2 Å². The molecular weight excluding hydrogens is 619 g/mol. The van der Waals surface area contributed by atoms with Gasteiger partial charge in [-0.25, -0.2) is 13.8 Å². The number of nitrogens with zero attached hydrogens (tertiary/aromatic N) is 2. The number of hydrogen-bond donors (Lipinski definition) is 0. The van der Waals surface area contributed by atoms with Gasteiger partial charge in [0.1, 0.15) is 11.6 Å². The lowest BCUT2D eigenvalue weighted by Gasteiger charge is -2.17. The van der Waals surface area contributed by atoms with Crippen molar-refractivity contribution in [2.75, 3.05) is 0 Å². The smallest absolute Gasteiger partial charge is 0.126 e. The molecule has 0 atom stereocenters. The van der Waals surface area contributed by atoms with Crippen LogP contribution in [0, 0.1) is 23.0 Å². The lowest BCUT2D eigenvalue weighted by Crippen LogP contribution is -1.94. The lowest BCUT2D eigenvalue weighted by molar-refractivity contribution is 0.584. The fourth-order valence-electron chi connectivity index (χ4n) is 7.32. The SMILES string of the molecule is N#Cc1ccc(-c2ccc(-c3ccc(-c4cc5c(-c6cc(F)cc(F)c6)nc6ccccc6c5c5ccccc45)cc3)c3ccccc23)cc1. The highest BCUT2D eigenvalue weighted by Crippen LogP contribution is 2.43. The monoisotopic (exact) mass is 644 g/mol. The van der Waals surface area contributed by atoms with Crippen LogP contribution in [0.2, 0.25) is 0 Å². The van der Waals surface area contributed by atoms with E-state index in [1.54, 1.807) is 0 Å². The minimum atomic E-state index is -0.642. The summed E-state index contributed by atoms with van der Waals surface area (Å²) in [6.07, 6.45) is 0. The van der Waals surface area contributed by atoms with Gasteiger partial charge < -0.3 is 0 Å². The molecule has 0 bridgehead atoms. The number of rotatable bonds is 4. The summed E-state index contributed by atoms with van der Waals surface area (Å²) >= 11 is 0. The highest BCUT2D eigenvalue weighted by molar-refractivity contribution is 6.25. The van der Waals surface area contributed by atoms with Crippen molar-refractivity contribution in [1.82, 2.24) is 4.98 Å². The van der Waals surface area contributed by atoms with Gasteiger partial charge in [0.15, 0.2) is 0 Å². The van der Waals surface area contributed by atoms with Crippen LogP contribution in [0.3, 0.4) is 0 Å². The molecule has 0 spiro atoms. The minimum Gasteiger partial charge on any atom is -0.247 e. The van der Waals surface area contributed by atoms with Crippen molar-refractivity contribution in [3.63, 3.8) is 0 Å². The molecule has 0 N–H and O–H groups in total. The molecule has 1 heterocycles. The molecule has 0 saturated heterocycles. The molecule has 9 aromatic rings. The predicted octanol–water partition coefficient (Wildman–Crippen LogP) is 12.5. The summed E-state index contributed by atoms with van der Waals surface area (Å²) < 4.78 is 29.1. The summed E-state index contributed by atoms with van der Waals surface area (Å²) in [6, 6.07) is 53.1. The van der Waals surface area contributed by atoms with Gasteiger partial charge in [-0.15, -0.1) is 0 Å². The molecular formula is C46H26F2N2. The van der Waals surface area contributed by atoms with Crippen molar-refractivity contribution in [1.29, 1.82) is 5.26 Å². The zero-order chi connectivity index (χ0) is 33.8. The second-order valence-electron chi connectivity index (χ2n) is 12.5. The molecule has 0 saturated carbocycles. The van der Waals surface area contributed by atoms with Gasteiger partial charge in [0.25, 0.3) is 0 Å². The number of hydrogen-bond acceptors (Lipinski definition) is 2. The van der Waals surface area contributed by atoms with E-state index < -0.39 is 11.6 Å². The average Bonchev–Trinajstić information content (AvgIpc) is 3.16. The first-order chi connectivity index (χ1) is 24.6. The number of nitriles is 1. The van der Waals surface area contributed by atoms with Gasteiger partial charge in [0, 0.05) is 27.8 Å². The minimum absolute atomic E-state index is 0.395. The zero-order valence-corrected chi connectivity index (χ0v) is 26.7. The van der Waals surface area contributed by atoms with Crippen molar-refractivity contribution in [3.05, 3.63) is 175 Å². The maximum absolute atomic E-state index is 14.6. The van der Waals surface area contributed by atoms with Gasteiger partial charge in [0.2, 0.25) is 0 Å². The molecule has 4 heteroatoms. The fourth-order valence-corrected chi connectivity index (χ4v) is 7.32. The Bertz CT molecular complexity index is 2810. The van der Waals surface area contributed by atoms with Crippen LogP contribution in [0.15, 0.2) is 158 Å². The largest absolute Gasteiger partial charge is 0.247 e. The molecule has 1 aromatic heterocycles. The quantitative estimate of drug-likeness (QED) is 0.179. The summed E-state index contributed by atoms with van der Waals surface area (Å²) in [5.41, 5.74) is 8.75. The molecule has 0 aliphatic heterocycles. The van der Waals surface area contributed by atoms with Crippen molar-refractivity contribution in [2.24, 2.45) is 0 Å². The number of aromatic nitrogens is 1. The Hall–Kier alpha value is -6.70. The van der Waals surface area contributed by atoms with Gasteiger partial charge in [-0.1, -0.05) is 115 Å². The molecule has 0 amide bonds. The van der Waals surface area contributed by atoms with Crippen LogP contribution in [0.1, 0.15) is 5.56 Å². The second kappa shape index (κ2) is 11.8. The Balaban J connectivity index is 1.22. The number of halogens is 2. The van der Waals surface area contributed by atoms with E-state index in [1.807, 2.05) is 54.6 Å². The maximum Gasteiger partial charge on any atom is 0.126 e. The molecule has 0 aliphatic rings. The van der Waals surface area contributed by atoms with Gasteiger partial charge in [-0.05, 0) is 91.3 Å². The topological polar surface area (TPSA) is 36.7 Å². The number of benzene rings is 8. The molecule has 234 valence electrons. The van der Waals surface area contributed by atoms with Gasteiger partial charge in [-0.3, -0.25) is 0 Å². The zero-order valence-electron chi connectivity index (χ0n) is 26.7. The number of para-hydroxylation sites is 1. The van der Waals surface area contributed by atoms with Gasteiger partial charge in [-0.2, -0.15) is 5.26 Å². The number of pyridine rings is 1. The molecule has 0 aliphatic carbocycles. The first kappa shape index (κ1) is 29.4. The number of fused-ring (bicyclic) bond motifs is 6. The maximum atomic E-state index is 14.6. The standard InChI is InChI=1S/C46H26F2N2/c47-33-23-32(24-34(48)25-33)46-43-26-42(39-9-3-4-10-40(39)45(43)41-11-5-6-12-44(41)50-46)31-19-17-30(18-20-31)36-22-21-35(37-7-1-2-8-38(36)37)29-15-13-28(27-49)14-16-29/h1-26H. The molecule has 50 heavy (non-hydrogen) atoms. The van der Waals surface area contributed by atoms with E-state index in [9.17, 15) is 14.0 Å². The molecule has 9 rings (SSSR count). The van der Waals surface area contributed by atoms with Crippen LogP contribution in [0.25, 0.3) is 87.9 Å².